The third kappa shape index (κ3) is 3.45. The molecule has 1 atom stereocenters. The third-order valence-corrected chi connectivity index (χ3v) is 4.73. The summed E-state index contributed by atoms with van der Waals surface area (Å²) in [6.45, 7) is 0. The summed E-state index contributed by atoms with van der Waals surface area (Å²) in [7, 11) is 0. The summed E-state index contributed by atoms with van der Waals surface area (Å²) in [5.74, 6) is 0.656. The van der Waals surface area contributed by atoms with Gasteiger partial charge in [-0.05, 0) is 52.7 Å². The Hall–Kier alpha value is -0.550. The Balaban J connectivity index is 2.04. The molecule has 1 aliphatic rings. The van der Waals surface area contributed by atoms with Gasteiger partial charge in [-0.15, -0.1) is 11.8 Å². The van der Waals surface area contributed by atoms with Crippen LogP contribution in [0, 0.1) is 5.82 Å². The van der Waals surface area contributed by atoms with Crippen molar-refractivity contribution >= 4 is 39.3 Å². The normalized spacial score (nSPS) is 20.0. The molecule has 1 saturated heterocycles. The molecule has 0 bridgehead atoms. The van der Waals surface area contributed by atoms with Crippen LogP contribution in [-0.4, -0.2) is 16.9 Å². The highest BCUT2D eigenvalue weighted by molar-refractivity contribution is 9.10. The van der Waals surface area contributed by atoms with Gasteiger partial charge in [0.25, 0.3) is 0 Å². The molecule has 2 rings (SSSR count). The van der Waals surface area contributed by atoms with Crippen LogP contribution in [0.15, 0.2) is 22.7 Å². The Bertz CT molecular complexity index is 421. The number of carbonyl (C=O) groups is 1. The predicted molar refractivity (Wildman–Crippen MR) is 72.8 cm³/mol. The number of amides is 1. The smallest absolute Gasteiger partial charge is 0.237 e. The summed E-state index contributed by atoms with van der Waals surface area (Å²) in [5.41, 5.74) is 0.501. The number of halogens is 2. The van der Waals surface area contributed by atoms with Crippen molar-refractivity contribution in [2.24, 2.45) is 0 Å². The van der Waals surface area contributed by atoms with Gasteiger partial charge in [0.1, 0.15) is 5.82 Å². The van der Waals surface area contributed by atoms with Crippen molar-refractivity contribution < 1.29 is 9.18 Å². The molecule has 92 valence electrons. The highest BCUT2D eigenvalue weighted by Gasteiger charge is 2.22. The lowest BCUT2D eigenvalue weighted by Crippen LogP contribution is -2.27. The maximum atomic E-state index is 13.1. The molecule has 1 fully saturated rings. The van der Waals surface area contributed by atoms with Gasteiger partial charge in [-0.1, -0.05) is 6.42 Å². The molecule has 0 aromatic heterocycles. The minimum Gasteiger partial charge on any atom is -0.324 e. The molecule has 1 N–H and O–H groups in total. The van der Waals surface area contributed by atoms with Crippen LogP contribution in [0.4, 0.5) is 10.1 Å². The van der Waals surface area contributed by atoms with Crippen molar-refractivity contribution in [1.82, 2.24) is 0 Å². The molecule has 0 radical (unpaired) electrons. The number of benzene rings is 1. The van der Waals surface area contributed by atoms with E-state index in [1.54, 1.807) is 17.8 Å². The number of rotatable bonds is 2. The third-order valence-electron chi connectivity index (χ3n) is 2.66. The first-order valence-corrected chi connectivity index (χ1v) is 7.38. The van der Waals surface area contributed by atoms with Crippen LogP contribution in [0.3, 0.4) is 0 Å². The second-order valence-corrected chi connectivity index (χ2v) is 6.13. The maximum Gasteiger partial charge on any atom is 0.237 e. The fourth-order valence-corrected chi connectivity index (χ4v) is 3.30. The summed E-state index contributed by atoms with van der Waals surface area (Å²) in [6, 6.07) is 4.28. The van der Waals surface area contributed by atoms with Gasteiger partial charge in [-0.3, -0.25) is 4.79 Å². The van der Waals surface area contributed by atoms with Crippen LogP contribution in [0.2, 0.25) is 0 Å². The van der Waals surface area contributed by atoms with E-state index in [0.29, 0.717) is 10.2 Å². The lowest BCUT2D eigenvalue weighted by atomic mass is 10.2. The lowest BCUT2D eigenvalue weighted by molar-refractivity contribution is -0.115. The van der Waals surface area contributed by atoms with Gasteiger partial charge in [0.05, 0.1) is 10.9 Å². The Labute approximate surface area is 112 Å². The largest absolute Gasteiger partial charge is 0.324 e. The first-order valence-electron chi connectivity index (χ1n) is 5.54. The Morgan fingerprint density at radius 1 is 1.47 bits per heavy atom. The average molecular weight is 318 g/mol. The molecule has 1 amide bonds. The van der Waals surface area contributed by atoms with Crippen LogP contribution >= 0.6 is 27.7 Å². The van der Waals surface area contributed by atoms with Crippen molar-refractivity contribution in [3.05, 3.63) is 28.5 Å². The van der Waals surface area contributed by atoms with Gasteiger partial charge in [0.2, 0.25) is 5.91 Å². The van der Waals surface area contributed by atoms with Crippen molar-refractivity contribution in [3.63, 3.8) is 0 Å². The van der Waals surface area contributed by atoms with Gasteiger partial charge in [-0.25, -0.2) is 4.39 Å². The fourth-order valence-electron chi connectivity index (χ4n) is 1.75. The molecule has 17 heavy (non-hydrogen) atoms. The van der Waals surface area contributed by atoms with Gasteiger partial charge < -0.3 is 5.32 Å². The zero-order valence-corrected chi connectivity index (χ0v) is 11.6. The number of thioether (sulfide) groups is 1. The molecule has 0 spiro atoms. The summed E-state index contributed by atoms with van der Waals surface area (Å²) in [6.07, 6.45) is 3.18. The molecule has 1 aliphatic heterocycles. The quantitative estimate of drug-likeness (QED) is 0.898. The minimum absolute atomic E-state index is 0.00100. The molecule has 1 aromatic carbocycles. The zero-order chi connectivity index (χ0) is 12.3. The van der Waals surface area contributed by atoms with E-state index in [2.05, 4.69) is 21.2 Å². The van der Waals surface area contributed by atoms with Crippen LogP contribution in [0.25, 0.3) is 0 Å². The first-order chi connectivity index (χ1) is 8.16. The summed E-state index contributed by atoms with van der Waals surface area (Å²) < 4.78 is 13.8. The van der Waals surface area contributed by atoms with Crippen molar-refractivity contribution in [2.75, 3.05) is 11.1 Å². The molecule has 1 heterocycles. The Morgan fingerprint density at radius 2 is 2.29 bits per heavy atom. The maximum absolute atomic E-state index is 13.1. The lowest BCUT2D eigenvalue weighted by Gasteiger charge is -2.20. The average Bonchev–Trinajstić information content (AvgIpc) is 2.35. The van der Waals surface area contributed by atoms with Crippen LogP contribution in [0.1, 0.15) is 19.3 Å². The Morgan fingerprint density at radius 3 is 3.00 bits per heavy atom. The molecule has 1 aromatic rings. The van der Waals surface area contributed by atoms with E-state index in [0.717, 1.165) is 18.6 Å². The molecule has 2 nitrogen and oxygen atoms in total. The molecule has 0 saturated carbocycles. The molecular formula is C12H13BrFNOS. The monoisotopic (exact) mass is 317 g/mol. The van der Waals surface area contributed by atoms with Crippen molar-refractivity contribution in [3.8, 4) is 0 Å². The molecule has 5 heteroatoms. The second kappa shape index (κ2) is 5.87. The zero-order valence-electron chi connectivity index (χ0n) is 9.21. The molecular weight excluding hydrogens is 305 g/mol. The van der Waals surface area contributed by atoms with Crippen LogP contribution < -0.4 is 5.32 Å². The van der Waals surface area contributed by atoms with E-state index < -0.39 is 0 Å². The first kappa shape index (κ1) is 12.9. The van der Waals surface area contributed by atoms with Gasteiger partial charge >= 0.3 is 0 Å². The highest BCUT2D eigenvalue weighted by atomic mass is 79.9. The Kier molecular flexibility index (Phi) is 4.45. The van der Waals surface area contributed by atoms with E-state index in [9.17, 15) is 9.18 Å². The summed E-state index contributed by atoms with van der Waals surface area (Å²) in [4.78, 5) is 12.0. The van der Waals surface area contributed by atoms with E-state index in [4.69, 9.17) is 0 Å². The van der Waals surface area contributed by atoms with Gasteiger partial charge in [0.15, 0.2) is 0 Å². The van der Waals surface area contributed by atoms with E-state index in [1.807, 2.05) is 0 Å². The van der Waals surface area contributed by atoms with Crippen LogP contribution in [-0.2, 0) is 4.79 Å². The topological polar surface area (TPSA) is 29.1 Å². The standard InChI is InChI=1S/C12H13BrFNOS/c13-9-5-4-8(14)7-10(9)15-12(16)11-3-1-2-6-17-11/h4-5,7,11H,1-3,6H2,(H,15,16). The second-order valence-electron chi connectivity index (χ2n) is 3.97. The van der Waals surface area contributed by atoms with Crippen molar-refractivity contribution in [1.29, 1.82) is 0 Å². The van der Waals surface area contributed by atoms with Crippen molar-refractivity contribution in [2.45, 2.75) is 24.5 Å². The number of hydrogen-bond donors (Lipinski definition) is 1. The number of anilines is 1. The fraction of sp³-hybridized carbons (Fsp3) is 0.417. The predicted octanol–water partition coefficient (Wildman–Crippen LogP) is 3.81. The van der Waals surface area contributed by atoms with Gasteiger partial charge in [0, 0.05) is 4.47 Å². The van der Waals surface area contributed by atoms with E-state index in [-0.39, 0.29) is 17.0 Å². The number of nitrogens with one attached hydrogen (secondary N) is 1. The number of hydrogen-bond acceptors (Lipinski definition) is 2. The molecule has 1 unspecified atom stereocenters. The summed E-state index contributed by atoms with van der Waals surface area (Å²) >= 11 is 4.97. The molecule has 0 aliphatic carbocycles. The number of carbonyl (C=O) groups excluding carboxylic acids is 1. The van der Waals surface area contributed by atoms with E-state index in [1.165, 1.54) is 18.6 Å². The highest BCUT2D eigenvalue weighted by Crippen LogP contribution is 2.28. The SMILES string of the molecule is O=C(Nc1cc(F)ccc1Br)C1CCCCS1. The van der Waals surface area contributed by atoms with Gasteiger partial charge in [-0.2, -0.15) is 0 Å². The van der Waals surface area contributed by atoms with E-state index >= 15 is 0 Å². The minimum atomic E-state index is -0.347. The summed E-state index contributed by atoms with van der Waals surface area (Å²) in [5, 5.41) is 2.77. The van der Waals surface area contributed by atoms with Crippen LogP contribution in [0.5, 0.6) is 0 Å².